The quantitative estimate of drug-likeness (QED) is 0.517. The molecule has 1 aromatic heterocycles. The highest BCUT2D eigenvalue weighted by molar-refractivity contribution is 6.36. The second kappa shape index (κ2) is 10.1. The lowest BCUT2D eigenvalue weighted by atomic mass is 10.0. The molecule has 3 saturated heterocycles. The van der Waals surface area contributed by atoms with E-state index in [1.165, 1.54) is 12.0 Å². The van der Waals surface area contributed by atoms with E-state index >= 15 is 0 Å². The number of aromatic nitrogens is 2. The number of anilines is 2. The number of nitrogens with one attached hydrogen (secondary N) is 1. The van der Waals surface area contributed by atoms with Crippen molar-refractivity contribution >= 4 is 33.9 Å². The van der Waals surface area contributed by atoms with E-state index < -0.39 is 0 Å². The smallest absolute Gasteiger partial charge is 0.318 e. The van der Waals surface area contributed by atoms with Crippen LogP contribution in [0.5, 0.6) is 6.01 Å². The molecule has 3 aromatic rings. The molecule has 0 spiro atoms. The Hall–Kier alpha value is -3.12. The Morgan fingerprint density at radius 3 is 2.82 bits per heavy atom. The van der Waals surface area contributed by atoms with Crippen molar-refractivity contribution in [2.24, 2.45) is 5.92 Å². The molecule has 1 N–H and O–H groups in total. The number of hydrogen-bond donors (Lipinski definition) is 1. The third kappa shape index (κ3) is 4.57. The van der Waals surface area contributed by atoms with Gasteiger partial charge in [0.2, 0.25) is 0 Å². The summed E-state index contributed by atoms with van der Waals surface area (Å²) >= 11 is 6.69. The van der Waals surface area contributed by atoms with E-state index in [2.05, 4.69) is 57.4 Å². The van der Waals surface area contributed by atoms with Gasteiger partial charge in [0.15, 0.2) is 0 Å². The topological polar surface area (TPSA) is 80.5 Å². The van der Waals surface area contributed by atoms with Crippen LogP contribution in [0.15, 0.2) is 36.4 Å². The highest BCUT2D eigenvalue weighted by atomic mass is 35.5. The van der Waals surface area contributed by atoms with Gasteiger partial charge in [-0.05, 0) is 56.8 Å². The number of rotatable bonds is 5. The maximum atomic E-state index is 9.66. The number of hydrogen-bond acceptors (Lipinski definition) is 8. The Kier molecular flexibility index (Phi) is 6.46. The molecule has 9 heteroatoms. The third-order valence-electron chi connectivity index (χ3n) is 9.07. The second-order valence-electron chi connectivity index (χ2n) is 11.5. The van der Waals surface area contributed by atoms with Gasteiger partial charge in [-0.25, -0.2) is 0 Å². The number of fused-ring (bicyclic) bond motifs is 4. The number of nitrogens with zero attached hydrogens (tertiary/aromatic N) is 6. The van der Waals surface area contributed by atoms with Crippen molar-refractivity contribution in [1.29, 1.82) is 5.26 Å². The fourth-order valence-electron chi connectivity index (χ4n) is 6.98. The largest absolute Gasteiger partial charge is 0.462 e. The molecular formula is C30H34ClN7O. The van der Waals surface area contributed by atoms with E-state index in [4.69, 9.17) is 26.3 Å². The van der Waals surface area contributed by atoms with Crippen LogP contribution < -0.4 is 19.9 Å². The van der Waals surface area contributed by atoms with Gasteiger partial charge in [0, 0.05) is 54.4 Å². The van der Waals surface area contributed by atoms with Crippen LogP contribution in [0.2, 0.25) is 5.02 Å². The Labute approximate surface area is 234 Å². The molecule has 0 amide bonds. The molecule has 3 fully saturated rings. The highest BCUT2D eigenvalue weighted by Gasteiger charge is 2.41. The van der Waals surface area contributed by atoms with Crippen LogP contribution in [0.3, 0.4) is 0 Å². The van der Waals surface area contributed by atoms with E-state index in [0.29, 0.717) is 31.2 Å². The van der Waals surface area contributed by atoms with Crippen molar-refractivity contribution in [3.8, 4) is 12.1 Å². The van der Waals surface area contributed by atoms with Crippen molar-refractivity contribution in [2.75, 3.05) is 49.6 Å². The first-order valence-corrected chi connectivity index (χ1v) is 14.5. The standard InChI is InChI=1S/C30H34ClN7O/c1-36-11-4-7-22(36)18-39-30-34-26-17-37(27-9-3-6-19-5-2-8-24(31)28(19)27)12-10-23(26)29(35-30)38-15-21-13-20(14-32)25(16-38)33-21/h2-3,5-6,8-9,20-22,25,33H,4,7,10-13,15-18H2,1H3/t20-,21-,22+,25-/m1/s1. The Morgan fingerprint density at radius 1 is 1.13 bits per heavy atom. The van der Waals surface area contributed by atoms with Crippen LogP contribution >= 0.6 is 11.6 Å². The highest BCUT2D eigenvalue weighted by Crippen LogP contribution is 2.38. The van der Waals surface area contributed by atoms with Gasteiger partial charge < -0.3 is 24.8 Å². The lowest BCUT2D eigenvalue weighted by Crippen LogP contribution is -2.53. The van der Waals surface area contributed by atoms with E-state index in [1.807, 2.05) is 12.1 Å². The summed E-state index contributed by atoms with van der Waals surface area (Å²) < 4.78 is 6.30. The molecule has 4 atom stereocenters. The van der Waals surface area contributed by atoms with Gasteiger partial charge in [-0.15, -0.1) is 0 Å². The number of ether oxygens (including phenoxy) is 1. The Balaban J connectivity index is 1.23. The van der Waals surface area contributed by atoms with E-state index in [0.717, 1.165) is 78.4 Å². The van der Waals surface area contributed by atoms with Crippen LogP contribution in [0.1, 0.15) is 30.5 Å². The van der Waals surface area contributed by atoms with Crippen LogP contribution in [0.4, 0.5) is 11.5 Å². The maximum absolute atomic E-state index is 9.66. The van der Waals surface area contributed by atoms with Gasteiger partial charge in [-0.2, -0.15) is 15.2 Å². The van der Waals surface area contributed by atoms with Crippen LogP contribution in [0.25, 0.3) is 10.8 Å². The van der Waals surface area contributed by atoms with Crippen molar-refractivity contribution in [3.63, 3.8) is 0 Å². The average molecular weight is 544 g/mol. The first kappa shape index (κ1) is 24.9. The molecular weight excluding hydrogens is 510 g/mol. The number of likely N-dealkylation sites (N-methyl/N-ethyl adjacent to an activating group) is 1. The summed E-state index contributed by atoms with van der Waals surface area (Å²) in [6.07, 6.45) is 4.09. The van der Waals surface area contributed by atoms with E-state index in [9.17, 15) is 5.26 Å². The number of halogens is 1. The third-order valence-corrected chi connectivity index (χ3v) is 9.38. The summed E-state index contributed by atoms with van der Waals surface area (Å²) in [5, 5.41) is 16.3. The zero-order chi connectivity index (χ0) is 26.5. The van der Waals surface area contributed by atoms with Gasteiger partial charge >= 0.3 is 6.01 Å². The first-order chi connectivity index (χ1) is 19.1. The molecule has 2 aromatic carbocycles. The monoisotopic (exact) mass is 543 g/mol. The number of benzene rings is 2. The molecule has 0 unspecified atom stereocenters. The minimum atomic E-state index is 0.0536. The predicted octanol–water partition coefficient (Wildman–Crippen LogP) is 4.01. The first-order valence-electron chi connectivity index (χ1n) is 14.1. The van der Waals surface area contributed by atoms with Gasteiger partial charge in [0.05, 0.1) is 29.2 Å². The number of likely N-dealkylation sites (tertiary alicyclic amines) is 1. The lowest BCUT2D eigenvalue weighted by Gasteiger charge is -2.37. The summed E-state index contributed by atoms with van der Waals surface area (Å²) in [5.74, 6) is 1.04. The number of piperazine rings is 1. The predicted molar refractivity (Wildman–Crippen MR) is 154 cm³/mol. The molecule has 2 bridgehead atoms. The summed E-state index contributed by atoms with van der Waals surface area (Å²) in [4.78, 5) is 17.1. The zero-order valence-corrected chi connectivity index (χ0v) is 23.1. The maximum Gasteiger partial charge on any atom is 0.318 e. The molecule has 4 aliphatic heterocycles. The van der Waals surface area contributed by atoms with Crippen LogP contribution in [0, 0.1) is 17.2 Å². The molecule has 0 aliphatic carbocycles. The zero-order valence-electron chi connectivity index (χ0n) is 22.3. The molecule has 5 heterocycles. The Morgan fingerprint density at radius 2 is 2.00 bits per heavy atom. The van der Waals surface area contributed by atoms with Gasteiger partial charge in [-0.1, -0.05) is 35.9 Å². The molecule has 0 radical (unpaired) electrons. The molecule has 8 nitrogen and oxygen atoms in total. The lowest BCUT2D eigenvalue weighted by molar-refractivity contribution is 0.187. The fraction of sp³-hybridized carbons (Fsp3) is 0.500. The summed E-state index contributed by atoms with van der Waals surface area (Å²) in [6.45, 7) is 4.88. The van der Waals surface area contributed by atoms with E-state index in [1.54, 1.807) is 0 Å². The summed E-state index contributed by atoms with van der Waals surface area (Å²) in [7, 11) is 2.16. The molecule has 0 saturated carbocycles. The van der Waals surface area contributed by atoms with Crippen LogP contribution in [-0.4, -0.2) is 72.8 Å². The van der Waals surface area contributed by atoms with Crippen molar-refractivity contribution in [2.45, 2.75) is 50.4 Å². The van der Waals surface area contributed by atoms with Crippen molar-refractivity contribution in [1.82, 2.24) is 20.2 Å². The summed E-state index contributed by atoms with van der Waals surface area (Å²) in [5.41, 5.74) is 3.36. The SMILES string of the molecule is CN1CCC[C@H]1COc1nc2c(c(N3C[C@H]4C[C@H](C#N)[C@@H](C3)N4)n1)CCN(c1cccc3cccc(Cl)c13)C2. The van der Waals surface area contributed by atoms with Crippen LogP contribution in [-0.2, 0) is 13.0 Å². The fourth-order valence-corrected chi connectivity index (χ4v) is 7.26. The normalized spacial score (nSPS) is 26.6. The molecule has 7 rings (SSSR count). The van der Waals surface area contributed by atoms with Crippen molar-refractivity contribution < 1.29 is 4.74 Å². The van der Waals surface area contributed by atoms with Gasteiger partial charge in [-0.3, -0.25) is 0 Å². The molecule has 202 valence electrons. The minimum Gasteiger partial charge on any atom is -0.462 e. The molecule has 4 aliphatic rings. The average Bonchev–Trinajstić information content (AvgIpc) is 3.50. The van der Waals surface area contributed by atoms with E-state index in [-0.39, 0.29) is 12.0 Å². The van der Waals surface area contributed by atoms with Gasteiger partial charge in [0.1, 0.15) is 12.4 Å². The van der Waals surface area contributed by atoms with Gasteiger partial charge in [0.25, 0.3) is 0 Å². The number of nitriles is 1. The minimum absolute atomic E-state index is 0.0536. The second-order valence-corrected chi connectivity index (χ2v) is 11.9. The molecule has 39 heavy (non-hydrogen) atoms. The Bertz CT molecular complexity index is 1440. The van der Waals surface area contributed by atoms with Crippen molar-refractivity contribution in [3.05, 3.63) is 52.7 Å². The summed E-state index contributed by atoms with van der Waals surface area (Å²) in [6, 6.07) is 16.3.